The lowest BCUT2D eigenvalue weighted by atomic mass is 9.84. The van der Waals surface area contributed by atoms with Gasteiger partial charge in [-0.1, -0.05) is 65.3 Å². The van der Waals surface area contributed by atoms with Gasteiger partial charge in [-0.05, 0) is 96.9 Å². The van der Waals surface area contributed by atoms with Crippen LogP contribution in [-0.4, -0.2) is 135 Å². The number of rotatable bonds is 28. The number of alkyl halides is 1. The number of primary amides is 1. The number of likely N-dealkylation sites (tertiary alicyclic amines) is 1. The monoisotopic (exact) mass is 1170 g/mol. The summed E-state index contributed by atoms with van der Waals surface area (Å²) in [6, 6.07) is 11.4. The molecule has 3 aromatic carbocycles. The minimum Gasteiger partial charge on any atom is -0.445 e. The van der Waals surface area contributed by atoms with Gasteiger partial charge >= 0.3 is 12.1 Å². The van der Waals surface area contributed by atoms with E-state index in [0.717, 1.165) is 23.1 Å². The maximum absolute atomic E-state index is 16.3. The maximum atomic E-state index is 16.3. The van der Waals surface area contributed by atoms with Gasteiger partial charge in [0.05, 0.1) is 18.3 Å². The van der Waals surface area contributed by atoms with Crippen LogP contribution in [-0.2, 0) is 46.7 Å². The van der Waals surface area contributed by atoms with E-state index in [4.69, 9.17) is 15.5 Å². The van der Waals surface area contributed by atoms with Crippen molar-refractivity contribution in [3.8, 4) is 11.3 Å². The number of anilines is 1. The van der Waals surface area contributed by atoms with Gasteiger partial charge in [-0.15, -0.1) is 0 Å². The SMILES string of the molecule is CSCCC(=O)N(C[C@@H]1CN(C(=O)OCc2ccc(NC(=O)[C@H](CCCNC(N)=O)NC(=O)[C@@H](NC(=O)CCCCCN3C(=O)C=CC3=O)C(C)C)cc2)C[C@@H]1F)[C@@H](c1nc(-c2cc(F)ccc2F)cn1Cc1cccc(F)c1)C(C)(C)C. The third kappa shape index (κ3) is 18.6. The van der Waals surface area contributed by atoms with Crippen molar-refractivity contribution in [2.24, 2.45) is 23.0 Å². The number of amides is 9. The molecule has 0 radical (unpaired) electrons. The van der Waals surface area contributed by atoms with Crippen LogP contribution in [0.25, 0.3) is 11.3 Å². The lowest BCUT2D eigenvalue weighted by Crippen LogP contribution is -2.54. The summed E-state index contributed by atoms with van der Waals surface area (Å²) in [5.74, 6) is -5.14. The van der Waals surface area contributed by atoms with Gasteiger partial charge in [-0.2, -0.15) is 11.8 Å². The maximum Gasteiger partial charge on any atom is 0.410 e. The van der Waals surface area contributed by atoms with Crippen LogP contribution in [0.3, 0.4) is 0 Å². The number of nitrogens with one attached hydrogen (secondary N) is 4. The van der Waals surface area contributed by atoms with Gasteiger partial charge in [-0.3, -0.25) is 33.7 Å². The highest BCUT2D eigenvalue weighted by atomic mass is 32.2. The summed E-state index contributed by atoms with van der Waals surface area (Å²) in [5, 5.41) is 10.7. The summed E-state index contributed by atoms with van der Waals surface area (Å²) in [7, 11) is 0. The Balaban J connectivity index is 1.09. The topological polar surface area (TPSA) is 247 Å². The zero-order valence-electron chi connectivity index (χ0n) is 47.6. The summed E-state index contributed by atoms with van der Waals surface area (Å²) in [4.78, 5) is 112. The second-order valence-corrected chi connectivity index (χ2v) is 23.1. The van der Waals surface area contributed by atoms with E-state index in [0.29, 0.717) is 41.8 Å². The molecule has 1 fully saturated rings. The number of halogens is 4. The van der Waals surface area contributed by atoms with Gasteiger partial charge in [0.15, 0.2) is 0 Å². The summed E-state index contributed by atoms with van der Waals surface area (Å²) in [5.41, 5.74) is 5.74. The Morgan fingerprint density at radius 3 is 2.23 bits per heavy atom. The molecule has 0 bridgehead atoms. The van der Waals surface area contributed by atoms with Crippen molar-refractivity contribution in [3.05, 3.63) is 119 Å². The van der Waals surface area contributed by atoms with Gasteiger partial charge in [0.1, 0.15) is 48.1 Å². The first-order valence-electron chi connectivity index (χ1n) is 27.6. The Bertz CT molecular complexity index is 2970. The number of nitrogens with zero attached hydrogens (tertiary/aromatic N) is 5. The zero-order valence-corrected chi connectivity index (χ0v) is 48.4. The first-order valence-corrected chi connectivity index (χ1v) is 29.0. The van der Waals surface area contributed by atoms with Crippen LogP contribution in [0.4, 0.5) is 32.8 Å². The van der Waals surface area contributed by atoms with Crippen molar-refractivity contribution in [2.75, 3.05) is 50.0 Å². The molecule has 1 saturated heterocycles. The van der Waals surface area contributed by atoms with Gasteiger partial charge < -0.3 is 46.1 Å². The number of hydrogen-bond donors (Lipinski definition) is 5. The average Bonchev–Trinajstić information content (AvgIpc) is 4.23. The summed E-state index contributed by atoms with van der Waals surface area (Å²) < 4.78 is 68.0. The molecule has 24 heteroatoms. The van der Waals surface area contributed by atoms with E-state index in [-0.39, 0.29) is 112 Å². The third-order valence-corrected chi connectivity index (χ3v) is 14.8. The molecule has 3 heterocycles. The summed E-state index contributed by atoms with van der Waals surface area (Å²) >= 11 is 1.45. The molecule has 1 aromatic heterocycles. The molecular weight excluding hydrogens is 1100 g/mol. The van der Waals surface area contributed by atoms with E-state index in [1.54, 1.807) is 59.7 Å². The molecule has 2 aliphatic rings. The molecule has 0 spiro atoms. The molecule has 83 heavy (non-hydrogen) atoms. The summed E-state index contributed by atoms with van der Waals surface area (Å²) in [6.07, 6.45) is 5.38. The van der Waals surface area contributed by atoms with E-state index >= 15 is 8.78 Å². The normalized spacial score (nSPS) is 16.2. The van der Waals surface area contributed by atoms with Gasteiger partial charge in [-0.25, -0.2) is 32.1 Å². The van der Waals surface area contributed by atoms with Gasteiger partial charge in [0, 0.05) is 86.8 Å². The molecular formula is C59H74F4N10O9S. The highest BCUT2D eigenvalue weighted by molar-refractivity contribution is 7.98. The van der Waals surface area contributed by atoms with E-state index < -0.39 is 82.9 Å². The van der Waals surface area contributed by atoms with Crippen molar-refractivity contribution < 1.29 is 60.7 Å². The number of nitrogens with two attached hydrogens (primary N) is 1. The Morgan fingerprint density at radius 2 is 1.57 bits per heavy atom. The number of ether oxygens (including phenoxy) is 1. The first kappa shape index (κ1) is 64.4. The highest BCUT2D eigenvalue weighted by Gasteiger charge is 2.44. The number of carbonyl (C=O) groups is 8. The fourth-order valence-corrected chi connectivity index (χ4v) is 10.3. The van der Waals surface area contributed by atoms with E-state index in [2.05, 4.69) is 21.3 Å². The van der Waals surface area contributed by atoms with Crippen LogP contribution in [0, 0.1) is 34.7 Å². The molecule has 19 nitrogen and oxygen atoms in total. The zero-order chi connectivity index (χ0) is 60.5. The molecule has 0 unspecified atom stereocenters. The Kier molecular flexibility index (Phi) is 23.3. The number of urea groups is 1. The molecule has 6 N–H and O–H groups in total. The number of aromatic nitrogens is 2. The predicted octanol–water partition coefficient (Wildman–Crippen LogP) is 7.79. The molecule has 9 amide bonds. The van der Waals surface area contributed by atoms with Gasteiger partial charge in [0.2, 0.25) is 23.6 Å². The predicted molar refractivity (Wildman–Crippen MR) is 305 cm³/mol. The Hall–Kier alpha value is -7.76. The standard InChI is InChI=1S/C59H74F4N10O9S/c1-36(2)52(69-48(74)15-8-7-9-26-72-49(75)22-23-50(72)76)56(79)68-46(14-11-25-65-57(64)80)55(78)66-42-19-16-37(17-20-42)35-82-58(81)71-31-39(45(63)33-71)32-73(51(77)24-27-83-6)53(59(3,4)5)54-67-47(43-29-41(61)18-21-44(43)62)34-70(54)30-38-12-10-13-40(60)28-38/h10,12-13,16-23,28-29,34,36,39,45-46,52-53H,7-9,11,14-15,24-27,30-33,35H2,1-6H3,(H,66,78)(H,68,79)(H,69,74)(H3,64,65,80)/t39-,45-,46-,52-,53-/m0/s1. The number of imidazole rings is 1. The number of thioether (sulfide) groups is 1. The van der Waals surface area contributed by atoms with Crippen LogP contribution in [0.15, 0.2) is 85.1 Å². The van der Waals surface area contributed by atoms with Crippen molar-refractivity contribution in [3.63, 3.8) is 0 Å². The van der Waals surface area contributed by atoms with Gasteiger partial charge in [0.25, 0.3) is 11.8 Å². The summed E-state index contributed by atoms with van der Waals surface area (Å²) in [6.45, 7) is 8.67. The van der Waals surface area contributed by atoms with Crippen LogP contribution in [0.1, 0.15) is 103 Å². The molecule has 5 atom stereocenters. The molecule has 448 valence electrons. The van der Waals surface area contributed by atoms with E-state index in [1.165, 1.54) is 47.1 Å². The molecule has 0 aliphatic carbocycles. The van der Waals surface area contributed by atoms with Crippen LogP contribution in [0.2, 0.25) is 0 Å². The second-order valence-electron chi connectivity index (χ2n) is 22.1. The number of unbranched alkanes of at least 4 members (excludes halogenated alkanes) is 2. The van der Waals surface area contributed by atoms with Crippen molar-refractivity contribution in [1.29, 1.82) is 0 Å². The minimum absolute atomic E-state index is 0.0464. The van der Waals surface area contributed by atoms with Crippen LogP contribution in [0.5, 0.6) is 0 Å². The fourth-order valence-electron chi connectivity index (χ4n) is 9.88. The molecule has 2 aliphatic heterocycles. The van der Waals surface area contributed by atoms with Crippen molar-refractivity contribution in [1.82, 2.24) is 40.2 Å². The molecule has 0 saturated carbocycles. The number of imide groups is 1. The van der Waals surface area contributed by atoms with Crippen molar-refractivity contribution >= 4 is 65.0 Å². The quantitative estimate of drug-likeness (QED) is 0.0209. The number of carbonyl (C=O) groups excluding carboxylic acids is 8. The Labute approximate surface area is 484 Å². The third-order valence-electron chi connectivity index (χ3n) is 14.2. The average molecular weight is 1180 g/mol. The second kappa shape index (κ2) is 30.0. The van der Waals surface area contributed by atoms with Crippen molar-refractivity contribution in [2.45, 2.75) is 117 Å². The fraction of sp³-hybridized carbons (Fsp3) is 0.475. The number of hydrogen-bond acceptors (Lipinski definition) is 11. The minimum atomic E-state index is -1.58. The lowest BCUT2D eigenvalue weighted by molar-refractivity contribution is -0.138. The molecule has 6 rings (SSSR count). The smallest absolute Gasteiger partial charge is 0.410 e. The largest absolute Gasteiger partial charge is 0.445 e. The van der Waals surface area contributed by atoms with E-state index in [9.17, 15) is 47.1 Å². The highest BCUT2D eigenvalue weighted by Crippen LogP contribution is 2.41. The molecule has 4 aromatic rings. The number of benzene rings is 3. The van der Waals surface area contributed by atoms with Crippen LogP contribution < -0.4 is 27.0 Å². The first-order chi connectivity index (χ1) is 39.4. The lowest BCUT2D eigenvalue weighted by Gasteiger charge is -2.41. The van der Waals surface area contributed by atoms with E-state index in [1.807, 2.05) is 27.0 Å². The Morgan fingerprint density at radius 1 is 0.855 bits per heavy atom. The van der Waals surface area contributed by atoms with Crippen LogP contribution >= 0.6 is 11.8 Å².